The smallest absolute Gasteiger partial charge is 0.274 e. The van der Waals surface area contributed by atoms with Gasteiger partial charge < -0.3 is 21.3 Å². The zero-order valence-corrected chi connectivity index (χ0v) is 18.3. The second-order valence-corrected chi connectivity index (χ2v) is 9.27. The summed E-state index contributed by atoms with van der Waals surface area (Å²) in [5.74, 6) is 0.185. The van der Waals surface area contributed by atoms with Gasteiger partial charge in [0.05, 0.1) is 32.2 Å². The first-order valence-corrected chi connectivity index (χ1v) is 11.1. The molecule has 0 aliphatic carbocycles. The number of piperidine rings is 3. The molecule has 1 amide bonds. The van der Waals surface area contributed by atoms with Crippen molar-refractivity contribution in [1.29, 1.82) is 0 Å². The van der Waals surface area contributed by atoms with E-state index in [9.17, 15) is 4.79 Å². The van der Waals surface area contributed by atoms with Crippen LogP contribution in [0.3, 0.4) is 0 Å². The number of carbonyl (C=O) groups is 1. The minimum atomic E-state index is -0.333. The van der Waals surface area contributed by atoms with Gasteiger partial charge in [-0.25, -0.2) is 9.97 Å². The van der Waals surface area contributed by atoms with Gasteiger partial charge in [-0.1, -0.05) is 35.3 Å². The first kappa shape index (κ1) is 21.2. The van der Waals surface area contributed by atoms with Gasteiger partial charge in [-0.15, -0.1) is 0 Å². The molecule has 0 radical (unpaired) electrons. The number of carbonyl (C=O) groups excluding carboxylic acids is 1. The number of nitrogen functional groups attached to an aromatic ring is 2. The number of nitrogens with zero attached hydrogens (tertiary/aromatic N) is 3. The summed E-state index contributed by atoms with van der Waals surface area (Å²) < 4.78 is 1.05. The van der Waals surface area contributed by atoms with Gasteiger partial charge in [0.15, 0.2) is 22.5 Å². The van der Waals surface area contributed by atoms with Crippen LogP contribution in [0.25, 0.3) is 0 Å². The van der Waals surface area contributed by atoms with Gasteiger partial charge in [0.25, 0.3) is 5.91 Å². The van der Waals surface area contributed by atoms with E-state index >= 15 is 0 Å². The summed E-state index contributed by atoms with van der Waals surface area (Å²) >= 11 is 11.9. The molecule has 3 aliphatic heterocycles. The first-order valence-electron chi connectivity index (χ1n) is 10.3. The van der Waals surface area contributed by atoms with E-state index in [-0.39, 0.29) is 34.4 Å². The lowest BCUT2D eigenvalue weighted by atomic mass is 9.81. The van der Waals surface area contributed by atoms with Crippen LogP contribution in [-0.4, -0.2) is 52.6 Å². The van der Waals surface area contributed by atoms with Crippen molar-refractivity contribution in [3.63, 3.8) is 0 Å². The van der Waals surface area contributed by atoms with Gasteiger partial charge in [0, 0.05) is 24.3 Å². The second-order valence-electron chi connectivity index (χ2n) is 8.48. The van der Waals surface area contributed by atoms with Crippen LogP contribution < -0.4 is 16.8 Å². The molecule has 1 aromatic carbocycles. The molecule has 3 aliphatic rings. The number of rotatable bonds is 6. The van der Waals surface area contributed by atoms with Crippen LogP contribution in [0, 0.1) is 5.92 Å². The summed E-state index contributed by atoms with van der Waals surface area (Å²) in [4.78, 5) is 20.7. The monoisotopic (exact) mass is 449 g/mol. The third-order valence-electron chi connectivity index (χ3n) is 6.55. The Morgan fingerprint density at radius 1 is 1.10 bits per heavy atom. The maximum atomic E-state index is 12.8. The highest BCUT2D eigenvalue weighted by atomic mass is 35.5. The molecule has 0 saturated carbocycles. The molecule has 4 heterocycles. The molecule has 2 aromatic rings. The molecule has 5 N–H and O–H groups in total. The topological polar surface area (TPSA) is 107 Å². The molecule has 30 heavy (non-hydrogen) atoms. The van der Waals surface area contributed by atoms with E-state index in [2.05, 4.69) is 27.4 Å². The van der Waals surface area contributed by atoms with Crippen molar-refractivity contribution in [2.24, 2.45) is 5.92 Å². The van der Waals surface area contributed by atoms with Crippen LogP contribution >= 0.6 is 23.2 Å². The Labute approximate surface area is 186 Å². The number of halogens is 2. The minimum absolute atomic E-state index is 0.00235. The fourth-order valence-corrected chi connectivity index (χ4v) is 5.13. The van der Waals surface area contributed by atoms with E-state index in [4.69, 9.17) is 34.7 Å². The van der Waals surface area contributed by atoms with Crippen molar-refractivity contribution in [2.75, 3.05) is 37.6 Å². The number of nitrogens with two attached hydrogens (primary N) is 2. The number of aryl methyl sites for hydroxylation is 1. The largest absolute Gasteiger partial charge is 0.382 e. The zero-order chi connectivity index (χ0) is 21.3. The minimum Gasteiger partial charge on any atom is -0.382 e. The Hall–Kier alpha value is -2.09. The summed E-state index contributed by atoms with van der Waals surface area (Å²) in [6.45, 7) is 4.39. The summed E-state index contributed by atoms with van der Waals surface area (Å²) in [6.07, 6.45) is 4.39. The molecular formula is C21H27Cl2N6O+. The molecule has 3 fully saturated rings. The van der Waals surface area contributed by atoms with Crippen LogP contribution in [0.5, 0.6) is 0 Å². The first-order chi connectivity index (χ1) is 14.3. The lowest BCUT2D eigenvalue weighted by molar-refractivity contribution is -0.944. The number of benzene rings is 1. The van der Waals surface area contributed by atoms with Crippen molar-refractivity contribution in [3.8, 4) is 0 Å². The molecular weight excluding hydrogens is 423 g/mol. The Balaban J connectivity index is 1.38. The number of hydrogen-bond donors (Lipinski definition) is 3. The van der Waals surface area contributed by atoms with Crippen molar-refractivity contribution in [1.82, 2.24) is 15.3 Å². The van der Waals surface area contributed by atoms with Crippen molar-refractivity contribution < 1.29 is 9.28 Å². The number of nitrogens with one attached hydrogen (secondary N) is 1. The number of hydrogen-bond acceptors (Lipinski definition) is 5. The molecule has 3 saturated heterocycles. The highest BCUT2D eigenvalue weighted by molar-refractivity contribution is 6.31. The summed E-state index contributed by atoms with van der Waals surface area (Å²) in [6, 6.07) is 8.18. The number of fused-ring (bicyclic) bond motifs is 3. The van der Waals surface area contributed by atoms with Crippen LogP contribution in [0.4, 0.5) is 11.6 Å². The predicted octanol–water partition coefficient (Wildman–Crippen LogP) is 2.92. The molecule has 1 atom stereocenters. The number of aromatic nitrogens is 2. The Morgan fingerprint density at radius 3 is 2.50 bits per heavy atom. The summed E-state index contributed by atoms with van der Waals surface area (Å²) in [5.41, 5.74) is 12.8. The Bertz CT molecular complexity index is 928. The molecule has 2 bridgehead atoms. The third kappa shape index (κ3) is 4.48. The fourth-order valence-electron chi connectivity index (χ4n) is 4.88. The molecule has 0 spiro atoms. The van der Waals surface area contributed by atoms with E-state index < -0.39 is 0 Å². The SMILES string of the molecule is Nc1nc(N)c(C(=O)NC2C[N+]3(CCCc4ccc(Cl)cc4)CCC2CC3)nc1Cl. The van der Waals surface area contributed by atoms with E-state index in [0.717, 1.165) is 48.3 Å². The lowest BCUT2D eigenvalue weighted by Crippen LogP contribution is -2.67. The molecule has 1 aromatic heterocycles. The van der Waals surface area contributed by atoms with Crippen LogP contribution in [0.2, 0.25) is 10.2 Å². The van der Waals surface area contributed by atoms with Crippen LogP contribution in [-0.2, 0) is 6.42 Å². The summed E-state index contributed by atoms with van der Waals surface area (Å²) in [5, 5.41) is 3.90. The standard InChI is InChI=1S/C21H26Cl2N6O/c22-15-5-3-13(4-6-15)2-1-9-29-10-7-14(8-11-29)16(12-29)26-21(30)17-19(24)28-20(25)18(23)27-17/h3-6,14,16H,1-2,7-12H2,(H4-,24,25,26,28,30)/p+1. The third-order valence-corrected chi connectivity index (χ3v) is 7.08. The van der Waals surface area contributed by atoms with Gasteiger partial charge >= 0.3 is 0 Å². The molecule has 5 rings (SSSR count). The van der Waals surface area contributed by atoms with Crippen molar-refractivity contribution in [2.45, 2.75) is 31.7 Å². The molecule has 7 nitrogen and oxygen atoms in total. The number of amides is 1. The van der Waals surface area contributed by atoms with Crippen molar-refractivity contribution in [3.05, 3.63) is 45.7 Å². The quantitative estimate of drug-likeness (QED) is 0.587. The van der Waals surface area contributed by atoms with Crippen molar-refractivity contribution >= 4 is 40.7 Å². The highest BCUT2D eigenvalue weighted by Crippen LogP contribution is 2.34. The normalized spacial score (nSPS) is 25.3. The zero-order valence-electron chi connectivity index (χ0n) is 16.8. The fraction of sp³-hybridized carbons (Fsp3) is 0.476. The second kappa shape index (κ2) is 8.57. The maximum Gasteiger partial charge on any atom is 0.274 e. The van der Waals surface area contributed by atoms with Crippen LogP contribution in [0.15, 0.2) is 24.3 Å². The molecule has 160 valence electrons. The predicted molar refractivity (Wildman–Crippen MR) is 119 cm³/mol. The van der Waals surface area contributed by atoms with E-state index in [1.807, 2.05) is 12.1 Å². The molecule has 9 heteroatoms. The van der Waals surface area contributed by atoms with Gasteiger partial charge in [0.2, 0.25) is 0 Å². The number of anilines is 2. The van der Waals surface area contributed by atoms with Gasteiger partial charge in [-0.3, -0.25) is 4.79 Å². The van der Waals surface area contributed by atoms with Gasteiger partial charge in [-0.05, 0) is 30.0 Å². The Morgan fingerprint density at radius 2 is 1.80 bits per heavy atom. The average Bonchev–Trinajstić information content (AvgIpc) is 2.73. The number of quaternary nitrogens is 1. The van der Waals surface area contributed by atoms with E-state index in [0.29, 0.717) is 5.92 Å². The van der Waals surface area contributed by atoms with E-state index in [1.165, 1.54) is 18.7 Å². The summed E-state index contributed by atoms with van der Waals surface area (Å²) in [7, 11) is 0. The highest BCUT2D eigenvalue weighted by Gasteiger charge is 2.46. The van der Waals surface area contributed by atoms with Gasteiger partial charge in [0.1, 0.15) is 0 Å². The van der Waals surface area contributed by atoms with E-state index in [1.54, 1.807) is 0 Å². The van der Waals surface area contributed by atoms with Gasteiger partial charge in [-0.2, -0.15) is 0 Å². The Kier molecular flexibility index (Phi) is 6.04. The van der Waals surface area contributed by atoms with Crippen LogP contribution in [0.1, 0.15) is 35.3 Å². The molecule has 1 unspecified atom stereocenters. The lowest BCUT2D eigenvalue weighted by Gasteiger charge is -2.52. The maximum absolute atomic E-state index is 12.8. The average molecular weight is 450 g/mol.